The lowest BCUT2D eigenvalue weighted by molar-refractivity contribution is -0.126. The molecule has 0 spiro atoms. The highest BCUT2D eigenvalue weighted by Crippen LogP contribution is 2.24. The van der Waals surface area contributed by atoms with Crippen LogP contribution in [-0.2, 0) is 14.3 Å². The van der Waals surface area contributed by atoms with Gasteiger partial charge in [0.25, 0.3) is 6.47 Å². The molecule has 0 N–H and O–H groups in total. The fourth-order valence-electron chi connectivity index (χ4n) is 1.94. The molecule has 0 aliphatic heterocycles. The minimum absolute atomic E-state index is 0.375. The van der Waals surface area contributed by atoms with Crippen molar-refractivity contribution in [1.82, 2.24) is 0 Å². The Morgan fingerprint density at radius 3 is 2.07 bits per heavy atom. The largest absolute Gasteiger partial charge is 0.471 e. The summed E-state index contributed by atoms with van der Waals surface area (Å²) in [5.74, 6) is 0.970. The van der Waals surface area contributed by atoms with Crippen molar-refractivity contribution in [1.29, 1.82) is 0 Å². The maximum atomic E-state index is 8.95. The van der Waals surface area contributed by atoms with Gasteiger partial charge in [-0.3, -0.25) is 4.79 Å². The van der Waals surface area contributed by atoms with Crippen molar-refractivity contribution in [3.8, 4) is 0 Å². The van der Waals surface area contributed by atoms with Crippen molar-refractivity contribution in [2.45, 2.75) is 44.9 Å². The summed E-state index contributed by atoms with van der Waals surface area (Å²) in [5.41, 5.74) is 0. The van der Waals surface area contributed by atoms with Crippen LogP contribution in [0.1, 0.15) is 44.9 Å². The van der Waals surface area contributed by atoms with Crippen molar-refractivity contribution >= 4 is 6.47 Å². The molecule has 0 atom stereocenters. The molecule has 0 aromatic carbocycles. The number of carbonyl (C=O) groups excluding carboxylic acids is 1. The summed E-state index contributed by atoms with van der Waals surface area (Å²) >= 11 is 0. The lowest BCUT2D eigenvalue weighted by atomic mass is 9.97. The third-order valence-corrected chi connectivity index (χ3v) is 2.80. The standard InChI is InChI=1S/C10H20O.C2H4O2/c1-11-9-8-10-6-4-2-3-5-7-10;1-4-2-3/h10H,2-9H2,1H3;2H,1H3. The average Bonchev–Trinajstić information content (AvgIpc) is 2.55. The van der Waals surface area contributed by atoms with Crippen LogP contribution in [0.5, 0.6) is 0 Å². The Morgan fingerprint density at radius 2 is 1.67 bits per heavy atom. The van der Waals surface area contributed by atoms with E-state index in [0.717, 1.165) is 12.5 Å². The highest BCUT2D eigenvalue weighted by molar-refractivity contribution is 5.36. The number of hydrogen-bond donors (Lipinski definition) is 0. The third kappa shape index (κ3) is 9.73. The van der Waals surface area contributed by atoms with E-state index in [-0.39, 0.29) is 0 Å². The minimum Gasteiger partial charge on any atom is -0.471 e. The molecule has 1 aliphatic rings. The van der Waals surface area contributed by atoms with Crippen LogP contribution < -0.4 is 0 Å². The second-order valence-corrected chi connectivity index (χ2v) is 3.97. The van der Waals surface area contributed by atoms with Gasteiger partial charge in [-0.05, 0) is 12.3 Å². The van der Waals surface area contributed by atoms with E-state index in [1.165, 1.54) is 52.1 Å². The molecule has 0 saturated heterocycles. The van der Waals surface area contributed by atoms with E-state index in [4.69, 9.17) is 9.53 Å². The molecule has 0 aromatic heterocycles. The first-order valence-corrected chi connectivity index (χ1v) is 5.80. The van der Waals surface area contributed by atoms with E-state index in [1.807, 2.05) is 0 Å². The average molecular weight is 216 g/mol. The fraction of sp³-hybridized carbons (Fsp3) is 0.917. The van der Waals surface area contributed by atoms with Crippen LogP contribution in [0.3, 0.4) is 0 Å². The molecule has 90 valence electrons. The molecular weight excluding hydrogens is 192 g/mol. The Hall–Kier alpha value is -0.570. The zero-order chi connectivity index (χ0) is 11.4. The molecule has 0 bridgehead atoms. The quantitative estimate of drug-likeness (QED) is 0.535. The predicted molar refractivity (Wildman–Crippen MR) is 60.8 cm³/mol. The van der Waals surface area contributed by atoms with Crippen LogP contribution in [0.4, 0.5) is 0 Å². The number of carbonyl (C=O) groups is 1. The summed E-state index contributed by atoms with van der Waals surface area (Å²) in [6.07, 6.45) is 10.0. The molecule has 0 aromatic rings. The van der Waals surface area contributed by atoms with Crippen LogP contribution in [0.15, 0.2) is 0 Å². The van der Waals surface area contributed by atoms with Gasteiger partial charge in [-0.25, -0.2) is 0 Å². The lowest BCUT2D eigenvalue weighted by Crippen LogP contribution is -2.02. The number of methoxy groups -OCH3 is 2. The van der Waals surface area contributed by atoms with Crippen molar-refractivity contribution in [3.05, 3.63) is 0 Å². The first kappa shape index (κ1) is 14.4. The van der Waals surface area contributed by atoms with Crippen LogP contribution >= 0.6 is 0 Å². The van der Waals surface area contributed by atoms with Gasteiger partial charge in [-0.15, -0.1) is 0 Å². The van der Waals surface area contributed by atoms with E-state index in [9.17, 15) is 0 Å². The van der Waals surface area contributed by atoms with Gasteiger partial charge >= 0.3 is 0 Å². The van der Waals surface area contributed by atoms with Crippen molar-refractivity contribution in [2.75, 3.05) is 20.8 Å². The van der Waals surface area contributed by atoms with E-state index < -0.39 is 0 Å². The van der Waals surface area contributed by atoms with Gasteiger partial charge in [0.1, 0.15) is 0 Å². The van der Waals surface area contributed by atoms with Gasteiger partial charge in [0, 0.05) is 13.7 Å². The van der Waals surface area contributed by atoms with Crippen LogP contribution in [0, 0.1) is 5.92 Å². The van der Waals surface area contributed by atoms with Gasteiger partial charge in [0.05, 0.1) is 7.11 Å². The summed E-state index contributed by atoms with van der Waals surface area (Å²) in [4.78, 5) is 8.95. The van der Waals surface area contributed by atoms with Crippen molar-refractivity contribution in [3.63, 3.8) is 0 Å². The zero-order valence-corrected chi connectivity index (χ0v) is 10.0. The Kier molecular flexibility index (Phi) is 11.1. The number of rotatable bonds is 4. The maximum absolute atomic E-state index is 8.95. The highest BCUT2D eigenvalue weighted by Gasteiger charge is 2.10. The van der Waals surface area contributed by atoms with Crippen LogP contribution in [0.25, 0.3) is 0 Å². The molecule has 1 aliphatic carbocycles. The molecule has 0 unspecified atom stereocenters. The second-order valence-electron chi connectivity index (χ2n) is 3.97. The molecule has 3 nitrogen and oxygen atoms in total. The monoisotopic (exact) mass is 216 g/mol. The molecule has 3 heteroatoms. The molecule has 15 heavy (non-hydrogen) atoms. The summed E-state index contributed by atoms with van der Waals surface area (Å²) in [6.45, 7) is 1.34. The number of ether oxygens (including phenoxy) is 2. The molecule has 1 fully saturated rings. The van der Waals surface area contributed by atoms with Gasteiger partial charge in [0.15, 0.2) is 0 Å². The second kappa shape index (κ2) is 11.5. The maximum Gasteiger partial charge on any atom is 0.292 e. The topological polar surface area (TPSA) is 35.5 Å². The van der Waals surface area contributed by atoms with Gasteiger partial charge in [-0.1, -0.05) is 38.5 Å². The van der Waals surface area contributed by atoms with E-state index in [2.05, 4.69) is 4.74 Å². The third-order valence-electron chi connectivity index (χ3n) is 2.80. The molecule has 0 heterocycles. The van der Waals surface area contributed by atoms with Gasteiger partial charge in [-0.2, -0.15) is 0 Å². The van der Waals surface area contributed by atoms with Crippen LogP contribution in [-0.4, -0.2) is 27.3 Å². The normalized spacial score (nSPS) is 17.2. The Balaban J connectivity index is 0.000000423. The lowest BCUT2D eigenvalue weighted by Gasteiger charge is -2.12. The number of hydrogen-bond acceptors (Lipinski definition) is 3. The highest BCUT2D eigenvalue weighted by atomic mass is 16.5. The molecule has 0 radical (unpaired) electrons. The van der Waals surface area contributed by atoms with E-state index in [1.54, 1.807) is 7.11 Å². The minimum atomic E-state index is 0.375. The Bertz CT molecular complexity index is 129. The smallest absolute Gasteiger partial charge is 0.292 e. The van der Waals surface area contributed by atoms with E-state index in [0.29, 0.717) is 6.47 Å². The van der Waals surface area contributed by atoms with Crippen molar-refractivity contribution < 1.29 is 14.3 Å². The molecular formula is C12H24O3. The summed E-state index contributed by atoms with van der Waals surface area (Å²) in [7, 11) is 3.11. The molecule has 0 amide bonds. The first-order chi connectivity index (χ1) is 7.35. The van der Waals surface area contributed by atoms with Crippen molar-refractivity contribution in [2.24, 2.45) is 5.92 Å². The Morgan fingerprint density at radius 1 is 1.13 bits per heavy atom. The predicted octanol–water partition coefficient (Wildman–Crippen LogP) is 2.78. The van der Waals surface area contributed by atoms with Crippen LogP contribution in [0.2, 0.25) is 0 Å². The zero-order valence-electron chi connectivity index (χ0n) is 10.0. The molecule has 1 rings (SSSR count). The summed E-state index contributed by atoms with van der Waals surface area (Å²) in [6, 6.07) is 0. The summed E-state index contributed by atoms with van der Waals surface area (Å²) in [5, 5.41) is 0. The van der Waals surface area contributed by atoms with Gasteiger partial charge in [0.2, 0.25) is 0 Å². The SMILES string of the molecule is COC=O.COCCC1CCCCCC1. The first-order valence-electron chi connectivity index (χ1n) is 5.80. The van der Waals surface area contributed by atoms with E-state index >= 15 is 0 Å². The van der Waals surface area contributed by atoms with Gasteiger partial charge < -0.3 is 9.47 Å². The fourth-order valence-corrected chi connectivity index (χ4v) is 1.94. The Labute approximate surface area is 93.1 Å². The summed E-state index contributed by atoms with van der Waals surface area (Å²) < 4.78 is 8.95. The molecule has 1 saturated carbocycles.